The maximum absolute atomic E-state index is 13.8. The Morgan fingerprint density at radius 3 is 2.62 bits per heavy atom. The highest BCUT2D eigenvalue weighted by molar-refractivity contribution is 7.18. The fourth-order valence-corrected chi connectivity index (χ4v) is 3.75. The van der Waals surface area contributed by atoms with Crippen LogP contribution in [0.5, 0.6) is 0 Å². The first kappa shape index (κ1) is 18.6. The summed E-state index contributed by atoms with van der Waals surface area (Å²) in [5, 5.41) is 9.41. The molecular formula is C17H17F3N2O3S. The van der Waals surface area contributed by atoms with Crippen molar-refractivity contribution in [2.75, 3.05) is 0 Å². The van der Waals surface area contributed by atoms with Crippen LogP contribution in [-0.2, 0) is 16.1 Å². The number of benzene rings is 1. The average Bonchev–Trinajstić information content (AvgIpc) is 3.33. The maximum atomic E-state index is 13.8. The van der Waals surface area contributed by atoms with Gasteiger partial charge >= 0.3 is 5.97 Å². The molecule has 1 amide bonds. The van der Waals surface area contributed by atoms with Gasteiger partial charge in [-0.25, -0.2) is 18.2 Å². The van der Waals surface area contributed by atoms with Crippen molar-refractivity contribution < 1.29 is 27.9 Å². The monoisotopic (exact) mass is 386 g/mol. The molecule has 2 aromatic rings. The van der Waals surface area contributed by atoms with E-state index in [-0.39, 0.29) is 40.1 Å². The van der Waals surface area contributed by atoms with Crippen molar-refractivity contribution >= 4 is 33.4 Å². The standard InChI is InChI=1S/C17H17F3N2O3S/c1-2-8(17(24)25)5-13(23)22(9-3-4-9)7-12-21-15-14(20)10(18)6-11(19)16(15)26-12/h6,8-9H,2-5,7H2,1H3,(H,24,25). The number of hydrogen-bond acceptors (Lipinski definition) is 4. The number of rotatable bonds is 7. The molecule has 1 unspecified atom stereocenters. The quantitative estimate of drug-likeness (QED) is 0.737. The first-order valence-corrected chi connectivity index (χ1v) is 9.08. The first-order valence-electron chi connectivity index (χ1n) is 8.27. The lowest BCUT2D eigenvalue weighted by Gasteiger charge is -2.22. The number of amides is 1. The second-order valence-corrected chi connectivity index (χ2v) is 7.42. The molecule has 0 aliphatic heterocycles. The van der Waals surface area contributed by atoms with Crippen molar-refractivity contribution in [3.63, 3.8) is 0 Å². The Kier molecular flexibility index (Phi) is 5.17. The van der Waals surface area contributed by atoms with E-state index in [0.29, 0.717) is 12.5 Å². The molecule has 1 aromatic carbocycles. The topological polar surface area (TPSA) is 70.5 Å². The minimum absolute atomic E-state index is 0.0211. The number of carbonyl (C=O) groups is 2. The lowest BCUT2D eigenvalue weighted by Crippen LogP contribution is -2.35. The predicted molar refractivity (Wildman–Crippen MR) is 89.1 cm³/mol. The summed E-state index contributed by atoms with van der Waals surface area (Å²) in [6, 6.07) is 0.453. The molecule has 5 nitrogen and oxygen atoms in total. The van der Waals surface area contributed by atoms with Crippen LogP contribution in [0.4, 0.5) is 13.2 Å². The Balaban J connectivity index is 1.84. The van der Waals surface area contributed by atoms with Gasteiger partial charge in [0.05, 0.1) is 17.2 Å². The van der Waals surface area contributed by atoms with E-state index >= 15 is 0 Å². The van der Waals surface area contributed by atoms with E-state index in [2.05, 4.69) is 4.98 Å². The highest BCUT2D eigenvalue weighted by Crippen LogP contribution is 2.33. The zero-order chi connectivity index (χ0) is 19.0. The molecule has 26 heavy (non-hydrogen) atoms. The average molecular weight is 386 g/mol. The third-order valence-corrected chi connectivity index (χ3v) is 5.48. The summed E-state index contributed by atoms with van der Waals surface area (Å²) < 4.78 is 40.9. The van der Waals surface area contributed by atoms with Crippen LogP contribution in [0.3, 0.4) is 0 Å². The number of carboxylic acid groups (broad SMARTS) is 1. The third-order valence-electron chi connectivity index (χ3n) is 4.44. The second kappa shape index (κ2) is 7.22. The molecule has 3 rings (SSSR count). The molecule has 0 bridgehead atoms. The number of nitrogens with zero attached hydrogens (tertiary/aromatic N) is 2. The van der Waals surface area contributed by atoms with Crippen LogP contribution in [0.25, 0.3) is 10.2 Å². The number of halogens is 3. The van der Waals surface area contributed by atoms with Gasteiger partial charge in [-0.05, 0) is 19.3 Å². The molecule has 9 heteroatoms. The summed E-state index contributed by atoms with van der Waals surface area (Å²) in [5.74, 6) is -5.56. The minimum Gasteiger partial charge on any atom is -0.481 e. The van der Waals surface area contributed by atoms with Gasteiger partial charge in [0.15, 0.2) is 11.6 Å². The van der Waals surface area contributed by atoms with Crippen LogP contribution >= 0.6 is 11.3 Å². The van der Waals surface area contributed by atoms with E-state index < -0.39 is 29.3 Å². The van der Waals surface area contributed by atoms with Crippen molar-refractivity contribution in [2.45, 2.75) is 45.2 Å². The molecule has 1 aliphatic carbocycles. The Labute approximate surface area is 151 Å². The summed E-state index contributed by atoms with van der Waals surface area (Å²) in [4.78, 5) is 29.2. The number of carboxylic acids is 1. The van der Waals surface area contributed by atoms with Crippen LogP contribution in [0.1, 0.15) is 37.6 Å². The predicted octanol–water partition coefficient (Wildman–Crippen LogP) is 3.71. The largest absolute Gasteiger partial charge is 0.481 e. The van der Waals surface area contributed by atoms with Crippen molar-refractivity contribution in [3.05, 3.63) is 28.5 Å². The van der Waals surface area contributed by atoms with Gasteiger partial charge in [0.1, 0.15) is 16.3 Å². The molecule has 1 heterocycles. The van der Waals surface area contributed by atoms with Crippen molar-refractivity contribution in [3.8, 4) is 0 Å². The normalized spacial score (nSPS) is 15.2. The third kappa shape index (κ3) is 3.67. The summed E-state index contributed by atoms with van der Waals surface area (Å²) >= 11 is 0.866. The fraction of sp³-hybridized carbons (Fsp3) is 0.471. The van der Waals surface area contributed by atoms with Crippen LogP contribution in [-0.4, -0.2) is 32.9 Å². The van der Waals surface area contributed by atoms with Gasteiger partial charge in [-0.2, -0.15) is 0 Å². The van der Waals surface area contributed by atoms with E-state index in [1.165, 1.54) is 4.90 Å². The highest BCUT2D eigenvalue weighted by atomic mass is 32.1. The van der Waals surface area contributed by atoms with E-state index in [1.807, 2.05) is 0 Å². The van der Waals surface area contributed by atoms with Crippen LogP contribution < -0.4 is 0 Å². The van der Waals surface area contributed by atoms with Crippen molar-refractivity contribution in [2.24, 2.45) is 5.92 Å². The molecule has 1 atom stereocenters. The van der Waals surface area contributed by atoms with E-state index in [4.69, 9.17) is 5.11 Å². The van der Waals surface area contributed by atoms with Gasteiger partial charge in [0.2, 0.25) is 5.91 Å². The zero-order valence-electron chi connectivity index (χ0n) is 14.0. The zero-order valence-corrected chi connectivity index (χ0v) is 14.8. The Morgan fingerprint density at radius 1 is 1.35 bits per heavy atom. The molecule has 0 saturated heterocycles. The van der Waals surface area contributed by atoms with Crippen LogP contribution in [0, 0.1) is 23.4 Å². The summed E-state index contributed by atoms with van der Waals surface area (Å²) in [5.41, 5.74) is -0.386. The smallest absolute Gasteiger partial charge is 0.307 e. The minimum atomic E-state index is -1.31. The number of thiazole rings is 1. The molecule has 140 valence electrons. The molecule has 0 spiro atoms. The SMILES string of the molecule is CCC(CC(=O)N(Cc1nc2c(F)c(F)cc(F)c2s1)C1CC1)C(=O)O. The van der Waals surface area contributed by atoms with Crippen molar-refractivity contribution in [1.82, 2.24) is 9.88 Å². The van der Waals surface area contributed by atoms with Crippen LogP contribution in [0.15, 0.2) is 6.07 Å². The number of aromatic nitrogens is 1. The Hall–Kier alpha value is -2.16. The summed E-state index contributed by atoms with van der Waals surface area (Å²) in [7, 11) is 0. The van der Waals surface area contributed by atoms with Crippen LogP contribution in [0.2, 0.25) is 0 Å². The van der Waals surface area contributed by atoms with E-state index in [0.717, 1.165) is 24.2 Å². The second-order valence-electron chi connectivity index (χ2n) is 6.34. The summed E-state index contributed by atoms with van der Waals surface area (Å²) in [6.07, 6.45) is 1.77. The molecule has 1 N–H and O–H groups in total. The number of fused-ring (bicyclic) bond motifs is 1. The van der Waals surface area contributed by atoms with Gasteiger partial charge in [-0.15, -0.1) is 11.3 Å². The van der Waals surface area contributed by atoms with E-state index in [1.54, 1.807) is 6.92 Å². The van der Waals surface area contributed by atoms with Gasteiger partial charge in [0, 0.05) is 18.5 Å². The molecule has 1 fully saturated rings. The fourth-order valence-electron chi connectivity index (χ4n) is 2.78. The first-order chi connectivity index (χ1) is 12.3. The molecule has 1 saturated carbocycles. The number of carbonyl (C=O) groups excluding carboxylic acids is 1. The van der Waals surface area contributed by atoms with E-state index in [9.17, 15) is 22.8 Å². The van der Waals surface area contributed by atoms with Gasteiger partial charge < -0.3 is 10.0 Å². The summed E-state index contributed by atoms with van der Waals surface area (Å²) in [6.45, 7) is 1.72. The highest BCUT2D eigenvalue weighted by Gasteiger charge is 2.35. The van der Waals surface area contributed by atoms with Gasteiger partial charge in [-0.1, -0.05) is 6.92 Å². The van der Waals surface area contributed by atoms with Gasteiger partial charge in [-0.3, -0.25) is 9.59 Å². The number of aliphatic carboxylic acids is 1. The molecule has 1 aliphatic rings. The van der Waals surface area contributed by atoms with Crippen molar-refractivity contribution in [1.29, 1.82) is 0 Å². The Bertz CT molecular complexity index is 867. The lowest BCUT2D eigenvalue weighted by molar-refractivity contribution is -0.146. The molecular weight excluding hydrogens is 369 g/mol. The maximum Gasteiger partial charge on any atom is 0.307 e. The molecule has 0 radical (unpaired) electrons. The lowest BCUT2D eigenvalue weighted by atomic mass is 10.0. The Morgan fingerprint density at radius 2 is 2.04 bits per heavy atom. The van der Waals surface area contributed by atoms with Gasteiger partial charge in [0.25, 0.3) is 0 Å². The number of hydrogen-bond donors (Lipinski definition) is 1. The molecule has 1 aromatic heterocycles.